The third-order valence-electron chi connectivity index (χ3n) is 3.33. The Morgan fingerprint density at radius 3 is 2.80 bits per heavy atom. The fourth-order valence-electron chi connectivity index (χ4n) is 2.23. The molecule has 0 bridgehead atoms. The fourth-order valence-corrected chi connectivity index (χ4v) is 3.09. The van der Waals surface area contributed by atoms with Gasteiger partial charge in [0.15, 0.2) is 0 Å². The summed E-state index contributed by atoms with van der Waals surface area (Å²) in [6.45, 7) is 6.56. The fraction of sp³-hybridized carbons (Fsp3) is 0.750. The van der Waals surface area contributed by atoms with E-state index in [9.17, 15) is 0 Å². The van der Waals surface area contributed by atoms with Gasteiger partial charge in [-0.05, 0) is 44.7 Å². The zero-order chi connectivity index (χ0) is 10.7. The van der Waals surface area contributed by atoms with E-state index in [2.05, 4.69) is 29.5 Å². The summed E-state index contributed by atoms with van der Waals surface area (Å²) < 4.78 is 0. The number of aromatic nitrogens is 1. The van der Waals surface area contributed by atoms with Crippen LogP contribution >= 0.6 is 11.3 Å². The minimum atomic E-state index is 0.884. The van der Waals surface area contributed by atoms with E-state index in [1.54, 1.807) is 0 Å². The van der Waals surface area contributed by atoms with E-state index in [1.807, 2.05) is 11.3 Å². The normalized spacial score (nSPS) is 25.2. The molecule has 1 N–H and O–H groups in total. The van der Waals surface area contributed by atoms with Gasteiger partial charge in [-0.1, -0.05) is 6.92 Å². The Kier molecular flexibility index (Phi) is 3.76. The maximum atomic E-state index is 4.55. The summed E-state index contributed by atoms with van der Waals surface area (Å²) in [7, 11) is 0. The quantitative estimate of drug-likeness (QED) is 0.831. The first-order valence-corrected chi connectivity index (χ1v) is 6.79. The Morgan fingerprint density at radius 1 is 1.47 bits per heavy atom. The van der Waals surface area contributed by atoms with Gasteiger partial charge in [-0.25, -0.2) is 4.98 Å². The molecule has 1 fully saturated rings. The van der Waals surface area contributed by atoms with Crippen LogP contribution in [0, 0.1) is 18.8 Å². The Morgan fingerprint density at radius 2 is 2.27 bits per heavy atom. The highest BCUT2D eigenvalue weighted by Gasteiger charge is 2.30. The molecule has 1 saturated carbocycles. The van der Waals surface area contributed by atoms with Gasteiger partial charge in [0.05, 0.1) is 5.01 Å². The summed E-state index contributed by atoms with van der Waals surface area (Å²) >= 11 is 1.82. The molecule has 1 aromatic rings. The van der Waals surface area contributed by atoms with Crippen molar-refractivity contribution in [3.8, 4) is 0 Å². The third-order valence-corrected chi connectivity index (χ3v) is 4.32. The van der Waals surface area contributed by atoms with E-state index in [0.717, 1.165) is 18.4 Å². The lowest BCUT2D eigenvalue weighted by atomic mass is 9.72. The van der Waals surface area contributed by atoms with Gasteiger partial charge in [0.2, 0.25) is 0 Å². The van der Waals surface area contributed by atoms with E-state index >= 15 is 0 Å². The third kappa shape index (κ3) is 2.79. The number of rotatable bonds is 5. The minimum Gasteiger partial charge on any atom is -0.317 e. The van der Waals surface area contributed by atoms with E-state index in [4.69, 9.17) is 0 Å². The van der Waals surface area contributed by atoms with E-state index in [-0.39, 0.29) is 0 Å². The molecule has 0 aliphatic heterocycles. The molecule has 15 heavy (non-hydrogen) atoms. The van der Waals surface area contributed by atoms with Gasteiger partial charge in [0.25, 0.3) is 0 Å². The van der Waals surface area contributed by atoms with Crippen molar-refractivity contribution < 1.29 is 0 Å². The van der Waals surface area contributed by atoms with Crippen LogP contribution in [0.25, 0.3) is 0 Å². The van der Waals surface area contributed by atoms with E-state index in [0.29, 0.717) is 0 Å². The average Bonchev–Trinajstić information content (AvgIpc) is 2.60. The molecule has 0 saturated heterocycles. The van der Waals surface area contributed by atoms with Gasteiger partial charge in [-0.15, -0.1) is 11.3 Å². The highest BCUT2D eigenvalue weighted by Crippen LogP contribution is 2.36. The molecule has 0 aromatic carbocycles. The zero-order valence-electron chi connectivity index (χ0n) is 9.62. The van der Waals surface area contributed by atoms with Crippen LogP contribution in [-0.2, 0) is 6.42 Å². The van der Waals surface area contributed by atoms with Crippen molar-refractivity contribution in [1.29, 1.82) is 0 Å². The number of nitrogens with one attached hydrogen (secondary N) is 1. The Labute approximate surface area is 96.1 Å². The minimum absolute atomic E-state index is 0.884. The van der Waals surface area contributed by atoms with Crippen LogP contribution < -0.4 is 5.32 Å². The first-order valence-electron chi connectivity index (χ1n) is 5.91. The monoisotopic (exact) mass is 224 g/mol. The molecule has 2 unspecified atom stereocenters. The predicted molar refractivity (Wildman–Crippen MR) is 65.3 cm³/mol. The number of hydrogen-bond acceptors (Lipinski definition) is 3. The number of thiazole rings is 1. The van der Waals surface area contributed by atoms with E-state index in [1.165, 1.54) is 36.5 Å². The van der Waals surface area contributed by atoms with Crippen LogP contribution in [0.15, 0.2) is 5.38 Å². The molecule has 2 rings (SSSR count). The van der Waals surface area contributed by atoms with Crippen molar-refractivity contribution >= 4 is 11.3 Å². The lowest BCUT2D eigenvalue weighted by Gasteiger charge is -2.36. The van der Waals surface area contributed by atoms with Gasteiger partial charge in [-0.3, -0.25) is 0 Å². The van der Waals surface area contributed by atoms with Crippen molar-refractivity contribution in [2.75, 3.05) is 13.1 Å². The molecule has 1 aliphatic rings. The maximum Gasteiger partial charge on any atom is 0.0930 e. The lowest BCUT2D eigenvalue weighted by molar-refractivity contribution is 0.171. The molecular formula is C12H20N2S. The number of nitrogens with zero attached hydrogens (tertiary/aromatic N) is 1. The van der Waals surface area contributed by atoms with Gasteiger partial charge in [-0.2, -0.15) is 0 Å². The lowest BCUT2D eigenvalue weighted by Crippen LogP contribution is -2.36. The smallest absolute Gasteiger partial charge is 0.0930 e. The summed E-state index contributed by atoms with van der Waals surface area (Å²) in [5, 5.41) is 6.95. The topological polar surface area (TPSA) is 24.9 Å². The molecule has 1 aromatic heterocycles. The second kappa shape index (κ2) is 5.08. The predicted octanol–water partition coefficient (Wildman–Crippen LogP) is 2.63. The van der Waals surface area contributed by atoms with Crippen molar-refractivity contribution in [2.45, 2.75) is 33.1 Å². The van der Waals surface area contributed by atoms with Gasteiger partial charge >= 0.3 is 0 Å². The molecule has 1 aliphatic carbocycles. The SMILES string of the molecule is CCNCC1CCC1Cc1nc(C)cs1. The van der Waals surface area contributed by atoms with E-state index < -0.39 is 0 Å². The van der Waals surface area contributed by atoms with Crippen LogP contribution in [0.5, 0.6) is 0 Å². The Bertz CT molecular complexity index is 308. The molecule has 0 radical (unpaired) electrons. The molecule has 0 amide bonds. The molecule has 2 nitrogen and oxygen atoms in total. The van der Waals surface area contributed by atoms with Crippen LogP contribution in [-0.4, -0.2) is 18.1 Å². The molecule has 1 heterocycles. The summed E-state index contributed by atoms with van der Waals surface area (Å²) in [6, 6.07) is 0. The molecule has 84 valence electrons. The van der Waals surface area contributed by atoms with Gasteiger partial charge in [0.1, 0.15) is 0 Å². The molecule has 0 spiro atoms. The van der Waals surface area contributed by atoms with Crippen LogP contribution in [0.2, 0.25) is 0 Å². The maximum absolute atomic E-state index is 4.55. The molecule has 3 heteroatoms. The average molecular weight is 224 g/mol. The number of hydrogen-bond donors (Lipinski definition) is 1. The zero-order valence-corrected chi connectivity index (χ0v) is 10.4. The van der Waals surface area contributed by atoms with Crippen LogP contribution in [0.4, 0.5) is 0 Å². The van der Waals surface area contributed by atoms with Crippen molar-refractivity contribution in [1.82, 2.24) is 10.3 Å². The first-order chi connectivity index (χ1) is 7.29. The summed E-state index contributed by atoms with van der Waals surface area (Å²) in [5.41, 5.74) is 1.18. The first kappa shape index (κ1) is 11.1. The van der Waals surface area contributed by atoms with Gasteiger partial charge in [0, 0.05) is 17.5 Å². The van der Waals surface area contributed by atoms with Crippen molar-refractivity contribution in [3.63, 3.8) is 0 Å². The van der Waals surface area contributed by atoms with Crippen molar-refractivity contribution in [3.05, 3.63) is 16.1 Å². The van der Waals surface area contributed by atoms with Crippen LogP contribution in [0.3, 0.4) is 0 Å². The van der Waals surface area contributed by atoms with Crippen LogP contribution in [0.1, 0.15) is 30.5 Å². The second-order valence-electron chi connectivity index (χ2n) is 4.49. The summed E-state index contributed by atoms with van der Waals surface area (Å²) in [6.07, 6.45) is 4.01. The highest BCUT2D eigenvalue weighted by molar-refractivity contribution is 7.09. The standard InChI is InChI=1S/C12H20N2S/c1-3-13-7-11-5-4-10(11)6-12-14-9(2)8-15-12/h8,10-11,13H,3-7H2,1-2H3. The largest absolute Gasteiger partial charge is 0.317 e. The second-order valence-corrected chi connectivity index (χ2v) is 5.43. The molecule has 2 atom stereocenters. The summed E-state index contributed by atoms with van der Waals surface area (Å²) in [5.74, 6) is 1.78. The summed E-state index contributed by atoms with van der Waals surface area (Å²) in [4.78, 5) is 4.55. The Hall–Kier alpha value is -0.410. The highest BCUT2D eigenvalue weighted by atomic mass is 32.1. The number of aryl methyl sites for hydroxylation is 1. The van der Waals surface area contributed by atoms with Gasteiger partial charge < -0.3 is 5.32 Å². The van der Waals surface area contributed by atoms with Crippen molar-refractivity contribution in [2.24, 2.45) is 11.8 Å². The molecular weight excluding hydrogens is 204 g/mol. The Balaban J connectivity index is 1.80.